The van der Waals surface area contributed by atoms with Crippen LogP contribution in [0.4, 0.5) is 18.9 Å². The van der Waals surface area contributed by atoms with Gasteiger partial charge in [-0.05, 0) is 49.2 Å². The molecule has 0 bridgehead atoms. The minimum atomic E-state index is -4.63. The summed E-state index contributed by atoms with van der Waals surface area (Å²) in [6, 6.07) is 9.27. The second kappa shape index (κ2) is 6.99. The molecular weight excluding hydrogens is 369 g/mol. The van der Waals surface area contributed by atoms with Crippen LogP contribution >= 0.6 is 11.6 Å². The summed E-state index contributed by atoms with van der Waals surface area (Å²) in [7, 11) is 0. The minimum Gasteiger partial charge on any atom is -0.349 e. The lowest BCUT2D eigenvalue weighted by atomic mass is 10.1. The molecule has 0 saturated heterocycles. The highest BCUT2D eigenvalue weighted by atomic mass is 35.5. The predicted octanol–water partition coefficient (Wildman–Crippen LogP) is 4.50. The Morgan fingerprint density at radius 2 is 1.65 bits per heavy atom. The topological polar surface area (TPSA) is 58.2 Å². The van der Waals surface area contributed by atoms with Crippen molar-refractivity contribution in [2.75, 3.05) is 5.32 Å². The van der Waals surface area contributed by atoms with Gasteiger partial charge in [-0.25, -0.2) is 0 Å². The Morgan fingerprint density at radius 1 is 1.00 bits per heavy atom. The van der Waals surface area contributed by atoms with Crippen LogP contribution in [0.15, 0.2) is 42.5 Å². The van der Waals surface area contributed by atoms with E-state index in [-0.39, 0.29) is 23.2 Å². The maximum atomic E-state index is 12.9. The Hall–Kier alpha value is -2.54. The van der Waals surface area contributed by atoms with Crippen LogP contribution in [0.1, 0.15) is 39.1 Å². The molecule has 0 aliphatic heterocycles. The van der Waals surface area contributed by atoms with E-state index >= 15 is 0 Å². The van der Waals surface area contributed by atoms with Crippen LogP contribution in [0, 0.1) is 0 Å². The van der Waals surface area contributed by atoms with Gasteiger partial charge in [0.2, 0.25) is 0 Å². The molecule has 2 aromatic carbocycles. The van der Waals surface area contributed by atoms with E-state index in [0.717, 1.165) is 25.0 Å². The van der Waals surface area contributed by atoms with Crippen LogP contribution < -0.4 is 10.6 Å². The first-order chi connectivity index (χ1) is 12.2. The number of rotatable bonds is 4. The Labute approximate surface area is 152 Å². The third kappa shape index (κ3) is 4.35. The van der Waals surface area contributed by atoms with Crippen molar-refractivity contribution in [2.45, 2.75) is 25.1 Å². The number of amides is 2. The number of alkyl halides is 3. The van der Waals surface area contributed by atoms with Crippen molar-refractivity contribution >= 4 is 29.1 Å². The molecule has 136 valence electrons. The van der Waals surface area contributed by atoms with Crippen molar-refractivity contribution in [2.24, 2.45) is 0 Å². The standard InChI is InChI=1S/C18H14ClF3N2O2/c19-15-7-6-13(9-14(15)18(20,21)22)24-17(26)11-3-1-2-10(8-11)16(25)23-12-4-5-12/h1-3,6-9,12H,4-5H2,(H,23,25)(H,24,26). The van der Waals surface area contributed by atoms with Gasteiger partial charge in [-0.2, -0.15) is 13.2 Å². The zero-order chi connectivity index (χ0) is 18.9. The fourth-order valence-corrected chi connectivity index (χ4v) is 2.55. The quantitative estimate of drug-likeness (QED) is 0.817. The molecule has 1 fully saturated rings. The molecule has 26 heavy (non-hydrogen) atoms. The van der Waals surface area contributed by atoms with Gasteiger partial charge in [-0.1, -0.05) is 17.7 Å². The molecular formula is C18H14ClF3N2O2. The van der Waals surface area contributed by atoms with Crippen LogP contribution in [0.5, 0.6) is 0 Å². The monoisotopic (exact) mass is 382 g/mol. The van der Waals surface area contributed by atoms with Gasteiger partial charge in [0.1, 0.15) is 0 Å². The van der Waals surface area contributed by atoms with Gasteiger partial charge in [-0.15, -0.1) is 0 Å². The fourth-order valence-electron chi connectivity index (χ4n) is 2.32. The Kier molecular flexibility index (Phi) is 4.91. The predicted molar refractivity (Wildman–Crippen MR) is 91.3 cm³/mol. The number of carbonyl (C=O) groups excluding carboxylic acids is 2. The Balaban J connectivity index is 1.77. The average Bonchev–Trinajstić information content (AvgIpc) is 3.39. The Bertz CT molecular complexity index is 864. The lowest BCUT2D eigenvalue weighted by Crippen LogP contribution is -2.25. The van der Waals surface area contributed by atoms with E-state index in [1.807, 2.05) is 0 Å². The molecule has 1 aliphatic rings. The third-order valence-electron chi connectivity index (χ3n) is 3.83. The van der Waals surface area contributed by atoms with Crippen molar-refractivity contribution < 1.29 is 22.8 Å². The molecule has 1 aliphatic carbocycles. The summed E-state index contributed by atoms with van der Waals surface area (Å²) in [4.78, 5) is 24.4. The summed E-state index contributed by atoms with van der Waals surface area (Å²) >= 11 is 5.56. The van der Waals surface area contributed by atoms with Crippen molar-refractivity contribution in [1.29, 1.82) is 0 Å². The maximum Gasteiger partial charge on any atom is 0.417 e. The first-order valence-corrected chi connectivity index (χ1v) is 8.21. The summed E-state index contributed by atoms with van der Waals surface area (Å²) in [6.07, 6.45) is -2.76. The summed E-state index contributed by atoms with van der Waals surface area (Å²) in [5.41, 5.74) is -0.595. The molecule has 0 heterocycles. The summed E-state index contributed by atoms with van der Waals surface area (Å²) in [6.45, 7) is 0. The smallest absolute Gasteiger partial charge is 0.349 e. The molecule has 1 saturated carbocycles. The van der Waals surface area contributed by atoms with E-state index in [1.165, 1.54) is 18.2 Å². The highest BCUT2D eigenvalue weighted by molar-refractivity contribution is 6.31. The largest absolute Gasteiger partial charge is 0.417 e. The van der Waals surface area contributed by atoms with Gasteiger partial charge in [0.15, 0.2) is 0 Å². The zero-order valence-electron chi connectivity index (χ0n) is 13.4. The number of hydrogen-bond donors (Lipinski definition) is 2. The van der Waals surface area contributed by atoms with Crippen molar-refractivity contribution in [1.82, 2.24) is 5.32 Å². The summed E-state index contributed by atoms with van der Waals surface area (Å²) < 4.78 is 38.7. The molecule has 0 unspecified atom stereocenters. The first kappa shape index (κ1) is 18.3. The fraction of sp³-hybridized carbons (Fsp3) is 0.222. The van der Waals surface area contributed by atoms with Gasteiger partial charge < -0.3 is 10.6 Å². The lowest BCUT2D eigenvalue weighted by molar-refractivity contribution is -0.137. The number of anilines is 1. The zero-order valence-corrected chi connectivity index (χ0v) is 14.1. The SMILES string of the molecule is O=C(Nc1ccc(Cl)c(C(F)(F)F)c1)c1cccc(C(=O)NC2CC2)c1. The van der Waals surface area contributed by atoms with Crippen LogP contribution in [0.3, 0.4) is 0 Å². The second-order valence-electron chi connectivity index (χ2n) is 5.98. The van der Waals surface area contributed by atoms with E-state index in [9.17, 15) is 22.8 Å². The molecule has 0 atom stereocenters. The molecule has 0 aromatic heterocycles. The van der Waals surface area contributed by atoms with Crippen LogP contribution in [0.25, 0.3) is 0 Å². The van der Waals surface area contributed by atoms with E-state index < -0.39 is 22.7 Å². The van der Waals surface area contributed by atoms with Crippen molar-refractivity contribution in [3.63, 3.8) is 0 Å². The maximum absolute atomic E-state index is 12.9. The minimum absolute atomic E-state index is 0.0421. The van der Waals surface area contributed by atoms with Crippen molar-refractivity contribution in [3.05, 3.63) is 64.2 Å². The molecule has 0 spiro atoms. The van der Waals surface area contributed by atoms with Crippen LogP contribution in [-0.4, -0.2) is 17.9 Å². The van der Waals surface area contributed by atoms with E-state index in [1.54, 1.807) is 12.1 Å². The highest BCUT2D eigenvalue weighted by Crippen LogP contribution is 2.36. The summed E-state index contributed by atoms with van der Waals surface area (Å²) in [5.74, 6) is -0.908. The molecule has 3 rings (SSSR count). The van der Waals surface area contributed by atoms with Gasteiger partial charge >= 0.3 is 6.18 Å². The van der Waals surface area contributed by atoms with Crippen LogP contribution in [-0.2, 0) is 6.18 Å². The molecule has 0 radical (unpaired) electrons. The number of halogens is 4. The average molecular weight is 383 g/mol. The molecule has 8 heteroatoms. The van der Waals surface area contributed by atoms with Crippen LogP contribution in [0.2, 0.25) is 5.02 Å². The van der Waals surface area contributed by atoms with Crippen molar-refractivity contribution in [3.8, 4) is 0 Å². The van der Waals surface area contributed by atoms with Gasteiger partial charge in [-0.3, -0.25) is 9.59 Å². The van der Waals surface area contributed by atoms with E-state index in [2.05, 4.69) is 10.6 Å². The Morgan fingerprint density at radius 3 is 2.27 bits per heavy atom. The van der Waals surface area contributed by atoms with Gasteiger partial charge in [0, 0.05) is 22.9 Å². The second-order valence-corrected chi connectivity index (χ2v) is 6.38. The van der Waals surface area contributed by atoms with E-state index in [4.69, 9.17) is 11.6 Å². The number of nitrogens with one attached hydrogen (secondary N) is 2. The van der Waals surface area contributed by atoms with E-state index in [0.29, 0.717) is 5.56 Å². The van der Waals surface area contributed by atoms with Gasteiger partial charge in [0.25, 0.3) is 11.8 Å². The molecule has 2 aromatic rings. The normalized spacial score (nSPS) is 14.0. The summed E-state index contributed by atoms with van der Waals surface area (Å²) in [5, 5.41) is 4.74. The van der Waals surface area contributed by atoms with Gasteiger partial charge in [0.05, 0.1) is 10.6 Å². The number of benzene rings is 2. The number of hydrogen-bond acceptors (Lipinski definition) is 2. The molecule has 2 N–H and O–H groups in total. The third-order valence-corrected chi connectivity index (χ3v) is 4.16. The highest BCUT2D eigenvalue weighted by Gasteiger charge is 2.33. The molecule has 4 nitrogen and oxygen atoms in total. The number of carbonyl (C=O) groups is 2. The lowest BCUT2D eigenvalue weighted by Gasteiger charge is -2.12. The first-order valence-electron chi connectivity index (χ1n) is 7.83. The molecule has 2 amide bonds.